The number of nitrogens with zero attached hydrogens (tertiary/aromatic N) is 1. The molecule has 1 unspecified atom stereocenters. The standard InChI is InChI=1S/C24H36N2O7/c1-5-6-9-17-15(3)33-24(31)18(10-7-8-16(17)13-14(2)23(29)30)26-22(28)20-21(27)19(32-4)11-12-25-20/h11-12,14-18,27H,5-10,13H2,1-4H3,(H,26,28)(H,29,30)/t14-,15?,16-,17+,18-/m0/s1. The van der Waals surface area contributed by atoms with Gasteiger partial charge in [-0.3, -0.25) is 9.59 Å². The van der Waals surface area contributed by atoms with Gasteiger partial charge in [-0.1, -0.05) is 33.1 Å². The minimum Gasteiger partial charge on any atom is -0.503 e. The van der Waals surface area contributed by atoms with Crippen molar-refractivity contribution in [3.8, 4) is 11.5 Å². The number of carboxylic acids is 1. The summed E-state index contributed by atoms with van der Waals surface area (Å²) < 4.78 is 10.8. The van der Waals surface area contributed by atoms with E-state index in [2.05, 4.69) is 17.2 Å². The largest absolute Gasteiger partial charge is 0.503 e. The first-order valence-corrected chi connectivity index (χ1v) is 11.7. The van der Waals surface area contributed by atoms with Crippen LogP contribution >= 0.6 is 0 Å². The number of aliphatic carboxylic acids is 1. The van der Waals surface area contributed by atoms with Gasteiger partial charge in [0.25, 0.3) is 5.91 Å². The summed E-state index contributed by atoms with van der Waals surface area (Å²) in [4.78, 5) is 41.0. The van der Waals surface area contributed by atoms with Crippen LogP contribution in [0.1, 0.15) is 76.2 Å². The number of rotatable bonds is 9. The number of carboxylic acid groups (broad SMARTS) is 1. The van der Waals surface area contributed by atoms with Crippen LogP contribution in [-0.2, 0) is 14.3 Å². The lowest BCUT2D eigenvalue weighted by molar-refractivity contribution is -0.154. The lowest BCUT2D eigenvalue weighted by Gasteiger charge is -2.32. The number of amides is 1. The Bertz CT molecular complexity index is 829. The van der Waals surface area contributed by atoms with Crippen molar-refractivity contribution < 1.29 is 34.1 Å². The number of nitrogens with one attached hydrogen (secondary N) is 1. The van der Waals surface area contributed by atoms with E-state index in [-0.39, 0.29) is 23.3 Å². The van der Waals surface area contributed by atoms with Crippen molar-refractivity contribution in [2.45, 2.75) is 77.9 Å². The van der Waals surface area contributed by atoms with E-state index in [4.69, 9.17) is 9.47 Å². The fourth-order valence-electron chi connectivity index (χ4n) is 4.53. The molecule has 5 atom stereocenters. The van der Waals surface area contributed by atoms with Crippen molar-refractivity contribution >= 4 is 17.8 Å². The molecule has 0 spiro atoms. The van der Waals surface area contributed by atoms with Crippen LogP contribution in [0.4, 0.5) is 0 Å². The first-order chi connectivity index (χ1) is 15.7. The molecule has 1 aromatic heterocycles. The third-order valence-corrected chi connectivity index (χ3v) is 6.46. The maximum absolute atomic E-state index is 12.9. The molecule has 9 heteroatoms. The molecule has 3 N–H and O–H groups in total. The number of ether oxygens (including phenoxy) is 2. The molecular formula is C24H36N2O7. The molecule has 184 valence electrons. The van der Waals surface area contributed by atoms with Gasteiger partial charge in [-0.05, 0) is 44.4 Å². The number of aromatic nitrogens is 1. The molecule has 1 fully saturated rings. The van der Waals surface area contributed by atoms with Crippen molar-refractivity contribution in [3.05, 3.63) is 18.0 Å². The fraction of sp³-hybridized carbons (Fsp3) is 0.667. The summed E-state index contributed by atoms with van der Waals surface area (Å²) in [5.74, 6) is -2.69. The molecule has 9 nitrogen and oxygen atoms in total. The molecule has 1 aliphatic rings. The second-order valence-corrected chi connectivity index (χ2v) is 8.85. The van der Waals surface area contributed by atoms with Crippen LogP contribution in [0.3, 0.4) is 0 Å². The maximum atomic E-state index is 12.9. The Kier molecular flexibility index (Phi) is 9.94. The number of methoxy groups -OCH3 is 1. The van der Waals surface area contributed by atoms with Crippen LogP contribution in [0.15, 0.2) is 12.3 Å². The van der Waals surface area contributed by atoms with Gasteiger partial charge < -0.3 is 25.0 Å². The normalized spacial score (nSPS) is 24.5. The van der Waals surface area contributed by atoms with Gasteiger partial charge >= 0.3 is 11.9 Å². The molecule has 1 saturated heterocycles. The van der Waals surface area contributed by atoms with E-state index in [0.717, 1.165) is 25.7 Å². The van der Waals surface area contributed by atoms with E-state index in [0.29, 0.717) is 19.3 Å². The Morgan fingerprint density at radius 3 is 2.73 bits per heavy atom. The summed E-state index contributed by atoms with van der Waals surface area (Å²) in [6.07, 6.45) is 5.97. The predicted molar refractivity (Wildman–Crippen MR) is 121 cm³/mol. The SMILES string of the molecule is CCCC[C@@H]1C(C)OC(=O)[C@@H](NC(=O)c2nccc(OC)c2O)CCC[C@H]1C[C@H](C)C(=O)O. The highest BCUT2D eigenvalue weighted by atomic mass is 16.5. The van der Waals surface area contributed by atoms with Crippen LogP contribution in [0, 0.1) is 17.8 Å². The van der Waals surface area contributed by atoms with Crippen LogP contribution in [0.2, 0.25) is 0 Å². The van der Waals surface area contributed by atoms with Gasteiger partial charge in [0.1, 0.15) is 12.1 Å². The fourth-order valence-corrected chi connectivity index (χ4v) is 4.53. The first-order valence-electron chi connectivity index (χ1n) is 11.7. The van der Waals surface area contributed by atoms with Crippen molar-refractivity contribution in [2.24, 2.45) is 17.8 Å². The van der Waals surface area contributed by atoms with Gasteiger partial charge in [0.15, 0.2) is 17.2 Å². The van der Waals surface area contributed by atoms with E-state index in [9.17, 15) is 24.6 Å². The van der Waals surface area contributed by atoms with E-state index >= 15 is 0 Å². The zero-order valence-electron chi connectivity index (χ0n) is 19.9. The highest BCUT2D eigenvalue weighted by molar-refractivity contribution is 5.97. The van der Waals surface area contributed by atoms with Gasteiger partial charge in [-0.15, -0.1) is 0 Å². The number of unbranched alkanes of at least 4 members (excludes halogenated alkanes) is 1. The number of carbonyl (C=O) groups excluding carboxylic acids is 2. The topological polar surface area (TPSA) is 135 Å². The Hall–Kier alpha value is -2.84. The van der Waals surface area contributed by atoms with Gasteiger partial charge in [-0.25, -0.2) is 9.78 Å². The Morgan fingerprint density at radius 2 is 2.09 bits per heavy atom. The van der Waals surface area contributed by atoms with Crippen LogP contribution in [0.5, 0.6) is 11.5 Å². The minimum atomic E-state index is -0.894. The van der Waals surface area contributed by atoms with Crippen molar-refractivity contribution in [1.82, 2.24) is 10.3 Å². The summed E-state index contributed by atoms with van der Waals surface area (Å²) in [7, 11) is 1.37. The van der Waals surface area contributed by atoms with Gasteiger partial charge in [0.2, 0.25) is 0 Å². The van der Waals surface area contributed by atoms with E-state index < -0.39 is 41.7 Å². The number of pyridine rings is 1. The monoisotopic (exact) mass is 464 g/mol. The lowest BCUT2D eigenvalue weighted by atomic mass is 9.76. The summed E-state index contributed by atoms with van der Waals surface area (Å²) in [6, 6.07) is 0.534. The number of carbonyl (C=O) groups is 3. The molecule has 2 heterocycles. The quantitative estimate of drug-likeness (QED) is 0.472. The molecule has 0 radical (unpaired) electrons. The molecule has 0 bridgehead atoms. The van der Waals surface area contributed by atoms with Gasteiger partial charge in [-0.2, -0.15) is 0 Å². The van der Waals surface area contributed by atoms with Gasteiger partial charge in [0, 0.05) is 12.3 Å². The zero-order chi connectivity index (χ0) is 24.5. The average Bonchev–Trinajstić information content (AvgIpc) is 2.82. The predicted octanol–water partition coefficient (Wildman–Crippen LogP) is 3.54. The molecule has 2 rings (SSSR count). The Labute approximate surface area is 194 Å². The number of hydrogen-bond acceptors (Lipinski definition) is 7. The summed E-state index contributed by atoms with van der Waals surface area (Å²) in [6.45, 7) is 5.64. The van der Waals surface area contributed by atoms with Crippen LogP contribution < -0.4 is 10.1 Å². The van der Waals surface area contributed by atoms with Crippen molar-refractivity contribution in [1.29, 1.82) is 0 Å². The second kappa shape index (κ2) is 12.4. The Morgan fingerprint density at radius 1 is 1.36 bits per heavy atom. The van der Waals surface area contributed by atoms with Crippen LogP contribution in [-0.4, -0.2) is 52.3 Å². The highest BCUT2D eigenvalue weighted by Gasteiger charge is 2.35. The molecule has 0 aliphatic carbocycles. The maximum Gasteiger partial charge on any atom is 0.328 e. The summed E-state index contributed by atoms with van der Waals surface area (Å²) in [5.41, 5.74) is -0.232. The number of aromatic hydroxyl groups is 1. The smallest absolute Gasteiger partial charge is 0.328 e. The Balaban J connectivity index is 2.19. The molecule has 0 saturated carbocycles. The minimum absolute atomic E-state index is 0.0502. The van der Waals surface area contributed by atoms with E-state index in [1.165, 1.54) is 19.4 Å². The molecule has 0 aromatic carbocycles. The molecule has 1 aromatic rings. The number of cyclic esters (lactones) is 1. The van der Waals surface area contributed by atoms with E-state index in [1.807, 2.05) is 6.92 Å². The van der Waals surface area contributed by atoms with Crippen molar-refractivity contribution in [3.63, 3.8) is 0 Å². The molecule has 1 amide bonds. The van der Waals surface area contributed by atoms with E-state index in [1.54, 1.807) is 6.92 Å². The summed E-state index contributed by atoms with van der Waals surface area (Å²) in [5, 5.41) is 22.3. The van der Waals surface area contributed by atoms with Gasteiger partial charge in [0.05, 0.1) is 13.0 Å². The highest BCUT2D eigenvalue weighted by Crippen LogP contribution is 2.35. The first kappa shape index (κ1) is 26.4. The van der Waals surface area contributed by atoms with Crippen molar-refractivity contribution in [2.75, 3.05) is 7.11 Å². The second-order valence-electron chi connectivity index (χ2n) is 8.85. The number of esters is 1. The zero-order valence-corrected chi connectivity index (χ0v) is 19.9. The molecule has 33 heavy (non-hydrogen) atoms. The average molecular weight is 465 g/mol. The number of hydrogen-bond donors (Lipinski definition) is 3. The molecule has 1 aliphatic heterocycles. The van der Waals surface area contributed by atoms with Crippen LogP contribution in [0.25, 0.3) is 0 Å². The molecular weight excluding hydrogens is 428 g/mol. The third kappa shape index (κ3) is 7.07. The third-order valence-electron chi connectivity index (χ3n) is 6.46. The summed E-state index contributed by atoms with van der Waals surface area (Å²) >= 11 is 0. The lowest BCUT2D eigenvalue weighted by Crippen LogP contribution is -2.43.